The molecule has 0 saturated carbocycles. The number of aryl methyl sites for hydroxylation is 1. The summed E-state index contributed by atoms with van der Waals surface area (Å²) < 4.78 is 36.2. The van der Waals surface area contributed by atoms with Crippen molar-refractivity contribution < 1.29 is 17.9 Å². The van der Waals surface area contributed by atoms with E-state index in [1.54, 1.807) is 17.5 Å². The molecule has 0 amide bonds. The fourth-order valence-electron chi connectivity index (χ4n) is 5.09. The van der Waals surface area contributed by atoms with Crippen LogP contribution in [0.3, 0.4) is 0 Å². The van der Waals surface area contributed by atoms with Crippen LogP contribution in [0.2, 0.25) is 0 Å². The third-order valence-corrected chi connectivity index (χ3v) is 9.20. The number of fused-ring (bicyclic) bond motifs is 1. The number of rotatable bonds is 8. The molecule has 2 aliphatic rings. The Bertz CT molecular complexity index is 1400. The number of nitrogens with zero attached hydrogens (tertiary/aromatic N) is 6. The van der Waals surface area contributed by atoms with Gasteiger partial charge in [0, 0.05) is 79.8 Å². The highest BCUT2D eigenvalue weighted by atomic mass is 32.2. The third kappa shape index (κ3) is 5.94. The molecule has 5 rings (SSSR count). The van der Waals surface area contributed by atoms with Crippen molar-refractivity contribution in [2.45, 2.75) is 26.1 Å². The Balaban J connectivity index is 1.61. The first-order valence-corrected chi connectivity index (χ1v) is 15.9. The van der Waals surface area contributed by atoms with Crippen LogP contribution >= 0.6 is 11.3 Å². The van der Waals surface area contributed by atoms with Crippen molar-refractivity contribution in [3.05, 3.63) is 28.3 Å². The Morgan fingerprint density at radius 2 is 1.79 bits per heavy atom. The van der Waals surface area contributed by atoms with Crippen LogP contribution in [0.15, 0.2) is 12.3 Å². The summed E-state index contributed by atoms with van der Waals surface area (Å²) in [5.74, 6) is 0.832. The smallest absolute Gasteiger partial charge is 0.226 e. The van der Waals surface area contributed by atoms with Crippen molar-refractivity contribution in [2.75, 3.05) is 77.3 Å². The Labute approximate surface area is 228 Å². The molecule has 38 heavy (non-hydrogen) atoms. The molecule has 2 fully saturated rings. The number of thiophene rings is 1. The van der Waals surface area contributed by atoms with Crippen LogP contribution in [0, 0.1) is 6.92 Å². The molecule has 2 aliphatic heterocycles. The topological polar surface area (TPSA) is 101 Å². The van der Waals surface area contributed by atoms with Crippen molar-refractivity contribution >= 4 is 37.3 Å². The van der Waals surface area contributed by atoms with Gasteiger partial charge in [-0.25, -0.2) is 23.4 Å². The number of anilines is 1. The van der Waals surface area contributed by atoms with Gasteiger partial charge in [0.15, 0.2) is 9.84 Å². The van der Waals surface area contributed by atoms with Gasteiger partial charge in [0.25, 0.3) is 0 Å². The van der Waals surface area contributed by atoms with Crippen molar-refractivity contribution in [1.82, 2.24) is 24.8 Å². The largest absolute Gasteiger partial charge is 0.481 e. The summed E-state index contributed by atoms with van der Waals surface area (Å²) in [6.07, 6.45) is 2.93. The summed E-state index contributed by atoms with van der Waals surface area (Å²) in [6, 6.07) is 1.84. The van der Waals surface area contributed by atoms with Gasteiger partial charge in [-0.2, -0.15) is 0 Å². The van der Waals surface area contributed by atoms with Crippen molar-refractivity contribution in [2.24, 2.45) is 0 Å². The number of aromatic nitrogens is 3. The molecule has 3 aromatic heterocycles. The fourth-order valence-corrected chi connectivity index (χ4v) is 6.98. The van der Waals surface area contributed by atoms with Gasteiger partial charge in [-0.3, -0.25) is 4.90 Å². The highest BCUT2D eigenvalue weighted by Gasteiger charge is 2.25. The zero-order valence-corrected chi connectivity index (χ0v) is 24.2. The number of piperazine rings is 1. The molecular weight excluding hydrogens is 524 g/mol. The monoisotopic (exact) mass is 560 g/mol. The van der Waals surface area contributed by atoms with E-state index in [1.807, 2.05) is 6.07 Å². The number of hydrogen-bond acceptors (Lipinski definition) is 11. The van der Waals surface area contributed by atoms with Crippen molar-refractivity contribution in [1.29, 1.82) is 0 Å². The lowest BCUT2D eigenvalue weighted by molar-refractivity contribution is 0.122. The Morgan fingerprint density at radius 1 is 1.08 bits per heavy atom. The van der Waals surface area contributed by atoms with Crippen LogP contribution in [0.25, 0.3) is 21.5 Å². The maximum absolute atomic E-state index is 12.1. The highest BCUT2D eigenvalue weighted by molar-refractivity contribution is 7.89. The van der Waals surface area contributed by atoms with Gasteiger partial charge < -0.3 is 19.3 Å². The molecule has 0 N–H and O–H groups in total. The van der Waals surface area contributed by atoms with E-state index in [0.29, 0.717) is 30.6 Å². The number of hydrogen-bond donors (Lipinski definition) is 0. The SMILES string of the molecule is CCN1CCN(Cc2c(C)sc3c(-c4cnc(OC)c(CS(C)(=O)=O)c4)nc(N4CCOCC4)nc23)CC1. The average Bonchev–Trinajstić information content (AvgIpc) is 3.22. The van der Waals surface area contributed by atoms with E-state index in [2.05, 4.69) is 33.5 Å². The Morgan fingerprint density at radius 3 is 2.45 bits per heavy atom. The second kappa shape index (κ2) is 11.4. The van der Waals surface area contributed by atoms with Crippen LogP contribution in [0.5, 0.6) is 5.88 Å². The van der Waals surface area contributed by atoms with E-state index in [0.717, 1.165) is 73.8 Å². The molecule has 12 heteroatoms. The molecular formula is C26H36N6O4S2. The zero-order valence-electron chi connectivity index (χ0n) is 22.6. The van der Waals surface area contributed by atoms with Crippen LogP contribution in [0.1, 0.15) is 22.9 Å². The lowest BCUT2D eigenvalue weighted by Crippen LogP contribution is -2.45. The molecule has 10 nitrogen and oxygen atoms in total. The van der Waals surface area contributed by atoms with Gasteiger partial charge >= 0.3 is 0 Å². The highest BCUT2D eigenvalue weighted by Crippen LogP contribution is 2.39. The fraction of sp³-hybridized carbons (Fsp3) is 0.577. The molecule has 0 atom stereocenters. The molecule has 5 heterocycles. The van der Waals surface area contributed by atoms with Gasteiger partial charge in [0.05, 0.1) is 42.0 Å². The van der Waals surface area contributed by atoms with E-state index in [1.165, 1.54) is 23.8 Å². The Hall–Kier alpha value is -2.38. The lowest BCUT2D eigenvalue weighted by atomic mass is 10.1. The van der Waals surface area contributed by atoms with Crippen LogP contribution < -0.4 is 9.64 Å². The first-order valence-electron chi connectivity index (χ1n) is 13.0. The zero-order chi connectivity index (χ0) is 26.9. The molecule has 206 valence electrons. The summed E-state index contributed by atoms with van der Waals surface area (Å²) in [4.78, 5) is 23.0. The van der Waals surface area contributed by atoms with Gasteiger partial charge in [-0.1, -0.05) is 6.92 Å². The maximum atomic E-state index is 12.1. The maximum Gasteiger partial charge on any atom is 0.226 e. The number of likely N-dealkylation sites (N-methyl/N-ethyl adjacent to an activating group) is 1. The first-order chi connectivity index (χ1) is 18.3. The predicted molar refractivity (Wildman–Crippen MR) is 151 cm³/mol. The van der Waals surface area contributed by atoms with Crippen LogP contribution in [-0.4, -0.2) is 106 Å². The standard InChI is InChI=1S/C26H36N6O4S2/c1-5-30-6-8-31(9-7-30)16-21-18(2)37-24-22(28-26(29-23(21)24)32-10-12-36-13-11-32)19-14-20(17-38(4,33)34)25(35-3)27-15-19/h14-15H,5-13,16-17H2,1-4H3. The van der Waals surface area contributed by atoms with Gasteiger partial charge in [-0.05, 0) is 19.5 Å². The molecule has 0 aliphatic carbocycles. The van der Waals surface area contributed by atoms with E-state index in [9.17, 15) is 8.42 Å². The van der Waals surface area contributed by atoms with Crippen molar-refractivity contribution in [3.8, 4) is 17.1 Å². The minimum atomic E-state index is -3.28. The second-order valence-corrected chi connectivity index (χ2v) is 13.3. The summed E-state index contributed by atoms with van der Waals surface area (Å²) in [6.45, 7) is 13.3. The quantitative estimate of drug-likeness (QED) is 0.409. The first kappa shape index (κ1) is 27.2. The summed E-state index contributed by atoms with van der Waals surface area (Å²) in [7, 11) is -1.78. The number of pyridine rings is 1. The van der Waals surface area contributed by atoms with Crippen molar-refractivity contribution in [3.63, 3.8) is 0 Å². The van der Waals surface area contributed by atoms with E-state index in [4.69, 9.17) is 19.4 Å². The van der Waals surface area contributed by atoms with Gasteiger partial charge in [0.1, 0.15) is 0 Å². The number of ether oxygens (including phenoxy) is 2. The summed E-state index contributed by atoms with van der Waals surface area (Å²) in [5, 5.41) is 0. The number of sulfone groups is 1. The number of methoxy groups -OCH3 is 1. The van der Waals surface area contributed by atoms with Gasteiger partial charge in [0.2, 0.25) is 11.8 Å². The number of morpholine rings is 1. The molecule has 0 bridgehead atoms. The van der Waals surface area contributed by atoms with E-state index < -0.39 is 9.84 Å². The average molecular weight is 561 g/mol. The minimum Gasteiger partial charge on any atom is -0.481 e. The Kier molecular flexibility index (Phi) is 8.15. The molecule has 0 radical (unpaired) electrons. The normalized spacial score (nSPS) is 17.8. The molecule has 0 spiro atoms. The molecule has 2 saturated heterocycles. The predicted octanol–water partition coefficient (Wildman–Crippen LogP) is 2.59. The van der Waals surface area contributed by atoms with E-state index >= 15 is 0 Å². The second-order valence-electron chi connectivity index (χ2n) is 9.96. The molecule has 0 aromatic carbocycles. The van der Waals surface area contributed by atoms with Gasteiger partial charge in [-0.15, -0.1) is 11.3 Å². The van der Waals surface area contributed by atoms with E-state index in [-0.39, 0.29) is 5.75 Å². The summed E-state index contributed by atoms with van der Waals surface area (Å²) >= 11 is 1.70. The summed E-state index contributed by atoms with van der Waals surface area (Å²) in [5.41, 5.74) is 4.27. The van der Waals surface area contributed by atoms with Crippen LogP contribution in [0.4, 0.5) is 5.95 Å². The third-order valence-electron chi connectivity index (χ3n) is 7.22. The lowest BCUT2D eigenvalue weighted by Gasteiger charge is -2.34. The molecule has 0 unspecified atom stereocenters. The van der Waals surface area contributed by atoms with Crippen LogP contribution in [-0.2, 0) is 26.9 Å². The minimum absolute atomic E-state index is 0.153. The molecule has 3 aromatic rings.